The number of benzene rings is 2. The summed E-state index contributed by atoms with van der Waals surface area (Å²) >= 11 is 0. The number of nitrogens with zero attached hydrogens (tertiary/aromatic N) is 2. The second-order valence-corrected chi connectivity index (χ2v) is 7.14. The molecule has 3 rings (SSSR count). The molecule has 0 radical (unpaired) electrons. The molecule has 1 heterocycles. The summed E-state index contributed by atoms with van der Waals surface area (Å²) in [6.45, 7) is 2.44. The Hall–Kier alpha value is -2.97. The van der Waals surface area contributed by atoms with E-state index in [2.05, 4.69) is 13.0 Å². The number of ketones is 1. The van der Waals surface area contributed by atoms with Crippen molar-refractivity contribution in [2.24, 2.45) is 0 Å². The quantitative estimate of drug-likeness (QED) is 0.562. The van der Waals surface area contributed by atoms with E-state index in [1.54, 1.807) is 36.4 Å². The van der Waals surface area contributed by atoms with Crippen LogP contribution in [-0.2, 0) is 16.8 Å². The number of hydrogen-bond donors (Lipinski definition) is 1. The van der Waals surface area contributed by atoms with E-state index < -0.39 is 11.5 Å². The average Bonchev–Trinajstić information content (AvgIpc) is 2.91. The van der Waals surface area contributed by atoms with Crippen molar-refractivity contribution in [2.75, 3.05) is 11.4 Å². The number of aryl methyl sites for hydroxylation is 1. The Bertz CT molecular complexity index is 914. The van der Waals surface area contributed by atoms with E-state index in [0.29, 0.717) is 36.2 Å². The van der Waals surface area contributed by atoms with Gasteiger partial charge in [-0.25, -0.2) is 0 Å². The maximum atomic E-state index is 13.0. The fourth-order valence-corrected chi connectivity index (χ4v) is 3.70. The molecule has 5 nitrogen and oxygen atoms in total. The van der Waals surface area contributed by atoms with Crippen LogP contribution in [0.15, 0.2) is 48.5 Å². The fourth-order valence-electron chi connectivity index (χ4n) is 3.70. The van der Waals surface area contributed by atoms with E-state index in [1.807, 2.05) is 12.1 Å². The van der Waals surface area contributed by atoms with Crippen molar-refractivity contribution in [1.29, 1.82) is 5.26 Å². The number of aliphatic hydroxyl groups is 1. The summed E-state index contributed by atoms with van der Waals surface area (Å²) in [6, 6.07) is 16.4. The van der Waals surface area contributed by atoms with Gasteiger partial charge in [0.1, 0.15) is 0 Å². The lowest BCUT2D eigenvalue weighted by Gasteiger charge is -2.22. The molecule has 1 atom stereocenters. The lowest BCUT2D eigenvalue weighted by atomic mass is 9.88. The van der Waals surface area contributed by atoms with Crippen molar-refractivity contribution in [2.45, 2.75) is 44.6 Å². The van der Waals surface area contributed by atoms with Crippen LogP contribution in [0.25, 0.3) is 0 Å². The number of nitriles is 1. The number of Topliss-reactive ketones (excluding diaryl/α,β-unsaturated/α-hetero) is 1. The number of para-hydroxylation sites is 1. The Morgan fingerprint density at radius 1 is 1.18 bits per heavy atom. The molecule has 0 saturated heterocycles. The Labute approximate surface area is 165 Å². The number of rotatable bonds is 8. The van der Waals surface area contributed by atoms with Gasteiger partial charge in [0.25, 0.3) is 5.91 Å². The van der Waals surface area contributed by atoms with Gasteiger partial charge in [-0.2, -0.15) is 5.26 Å². The molecule has 0 aromatic heterocycles. The van der Waals surface area contributed by atoms with Gasteiger partial charge in [0.15, 0.2) is 11.4 Å². The first kappa shape index (κ1) is 19.8. The van der Waals surface area contributed by atoms with Crippen LogP contribution in [0.3, 0.4) is 0 Å². The van der Waals surface area contributed by atoms with Crippen molar-refractivity contribution in [1.82, 2.24) is 0 Å². The Balaban J connectivity index is 1.84. The number of carbonyl (C=O) groups excluding carboxylic acids is 2. The zero-order valence-electron chi connectivity index (χ0n) is 16.0. The zero-order chi connectivity index (χ0) is 20.1. The van der Waals surface area contributed by atoms with Crippen LogP contribution in [-0.4, -0.2) is 23.3 Å². The SMILES string of the molecule is CCCc1ccc(C(=O)C[C@@]2(O)C(=O)N(CCCC#N)c3ccccc32)cc1. The molecule has 1 aliphatic heterocycles. The summed E-state index contributed by atoms with van der Waals surface area (Å²) in [5, 5.41) is 20.0. The molecule has 0 fully saturated rings. The zero-order valence-corrected chi connectivity index (χ0v) is 16.0. The predicted octanol–water partition coefficient (Wildman–Crippen LogP) is 3.75. The molecular formula is C23H24N2O3. The van der Waals surface area contributed by atoms with Crippen molar-refractivity contribution >= 4 is 17.4 Å². The maximum Gasteiger partial charge on any atom is 0.264 e. The van der Waals surface area contributed by atoms with Gasteiger partial charge in [0, 0.05) is 24.1 Å². The van der Waals surface area contributed by atoms with Crippen LogP contribution < -0.4 is 4.90 Å². The fraction of sp³-hybridized carbons (Fsp3) is 0.348. The minimum absolute atomic E-state index is 0.271. The molecule has 0 bridgehead atoms. The minimum atomic E-state index is -1.87. The number of unbranched alkanes of at least 4 members (excludes halogenated alkanes) is 1. The first-order valence-corrected chi connectivity index (χ1v) is 9.64. The average molecular weight is 376 g/mol. The standard InChI is InChI=1S/C23H24N2O3/c1-2-7-17-10-12-18(13-11-17)21(26)16-23(28)19-8-3-4-9-20(19)25(22(23)27)15-6-5-14-24/h3-4,8-13,28H,2,5-7,15-16H2,1H3/t23-/m0/s1. The van der Waals surface area contributed by atoms with Crippen LogP contribution in [0.4, 0.5) is 5.69 Å². The van der Waals surface area contributed by atoms with E-state index >= 15 is 0 Å². The van der Waals surface area contributed by atoms with Gasteiger partial charge in [0.2, 0.25) is 0 Å². The number of anilines is 1. The molecule has 28 heavy (non-hydrogen) atoms. The molecule has 144 valence electrons. The monoisotopic (exact) mass is 376 g/mol. The molecular weight excluding hydrogens is 352 g/mol. The van der Waals surface area contributed by atoms with Crippen molar-refractivity contribution in [3.8, 4) is 6.07 Å². The molecule has 1 N–H and O–H groups in total. The highest BCUT2D eigenvalue weighted by atomic mass is 16.3. The van der Waals surface area contributed by atoms with Gasteiger partial charge < -0.3 is 10.0 Å². The smallest absolute Gasteiger partial charge is 0.264 e. The molecule has 5 heteroatoms. The van der Waals surface area contributed by atoms with Gasteiger partial charge in [-0.1, -0.05) is 55.8 Å². The first-order chi connectivity index (χ1) is 13.5. The summed E-state index contributed by atoms with van der Waals surface area (Å²) in [7, 11) is 0. The number of amides is 1. The third-order valence-corrected chi connectivity index (χ3v) is 5.14. The van der Waals surface area contributed by atoms with Gasteiger partial charge in [-0.15, -0.1) is 0 Å². The Morgan fingerprint density at radius 2 is 1.89 bits per heavy atom. The van der Waals surface area contributed by atoms with Crippen molar-refractivity contribution < 1.29 is 14.7 Å². The van der Waals surface area contributed by atoms with Gasteiger partial charge in [0.05, 0.1) is 18.2 Å². The summed E-state index contributed by atoms with van der Waals surface area (Å²) in [5.74, 6) is -0.768. The Morgan fingerprint density at radius 3 is 2.57 bits per heavy atom. The third-order valence-electron chi connectivity index (χ3n) is 5.14. The highest BCUT2D eigenvalue weighted by molar-refractivity contribution is 6.10. The molecule has 1 aliphatic rings. The normalized spacial score (nSPS) is 18.0. The van der Waals surface area contributed by atoms with Gasteiger partial charge in [-0.3, -0.25) is 9.59 Å². The van der Waals surface area contributed by atoms with Crippen LogP contribution in [0.1, 0.15) is 54.1 Å². The van der Waals surface area contributed by atoms with Crippen molar-refractivity contribution in [3.05, 3.63) is 65.2 Å². The molecule has 2 aromatic carbocycles. The van der Waals surface area contributed by atoms with Crippen LogP contribution >= 0.6 is 0 Å². The maximum absolute atomic E-state index is 13.0. The van der Waals surface area contributed by atoms with E-state index in [1.165, 1.54) is 4.90 Å². The predicted molar refractivity (Wildman–Crippen MR) is 107 cm³/mol. The van der Waals surface area contributed by atoms with Crippen LogP contribution in [0, 0.1) is 11.3 Å². The van der Waals surface area contributed by atoms with Gasteiger partial charge in [-0.05, 0) is 24.5 Å². The molecule has 0 saturated carbocycles. The largest absolute Gasteiger partial charge is 0.375 e. The summed E-state index contributed by atoms with van der Waals surface area (Å²) in [6.07, 6.45) is 2.51. The highest BCUT2D eigenvalue weighted by Gasteiger charge is 2.50. The molecule has 1 amide bonds. The second-order valence-electron chi connectivity index (χ2n) is 7.14. The first-order valence-electron chi connectivity index (χ1n) is 9.64. The van der Waals surface area contributed by atoms with E-state index in [-0.39, 0.29) is 12.2 Å². The van der Waals surface area contributed by atoms with Crippen LogP contribution in [0.5, 0.6) is 0 Å². The lowest BCUT2D eigenvalue weighted by Crippen LogP contribution is -2.42. The summed E-state index contributed by atoms with van der Waals surface area (Å²) in [5.41, 5.74) is 0.833. The van der Waals surface area contributed by atoms with E-state index in [9.17, 15) is 14.7 Å². The summed E-state index contributed by atoms with van der Waals surface area (Å²) < 4.78 is 0. The van der Waals surface area contributed by atoms with E-state index in [4.69, 9.17) is 5.26 Å². The number of carbonyl (C=O) groups is 2. The minimum Gasteiger partial charge on any atom is -0.375 e. The van der Waals surface area contributed by atoms with Crippen LogP contribution in [0.2, 0.25) is 0 Å². The number of fused-ring (bicyclic) bond motifs is 1. The second kappa shape index (κ2) is 8.37. The summed E-state index contributed by atoms with van der Waals surface area (Å²) in [4.78, 5) is 27.3. The van der Waals surface area contributed by atoms with Gasteiger partial charge >= 0.3 is 0 Å². The Kier molecular flexibility index (Phi) is 5.91. The molecule has 2 aromatic rings. The lowest BCUT2D eigenvalue weighted by molar-refractivity contribution is -0.135. The third kappa shape index (κ3) is 3.69. The molecule has 0 unspecified atom stereocenters. The van der Waals surface area contributed by atoms with E-state index in [0.717, 1.165) is 18.4 Å². The molecule has 0 aliphatic carbocycles. The highest BCUT2D eigenvalue weighted by Crippen LogP contribution is 2.42. The topological polar surface area (TPSA) is 81.4 Å². The van der Waals surface area contributed by atoms with Crippen molar-refractivity contribution in [3.63, 3.8) is 0 Å². The molecule has 0 spiro atoms. The number of hydrogen-bond acceptors (Lipinski definition) is 4.